The largest absolute Gasteiger partial charge is 0.462 e. The fraction of sp³-hybridized carbons (Fsp3) is 0.400. The molecular weight excluding hydrogens is 332 g/mol. The van der Waals surface area contributed by atoms with Gasteiger partial charge in [-0.25, -0.2) is 4.79 Å². The molecule has 0 aromatic heterocycles. The van der Waals surface area contributed by atoms with E-state index in [1.165, 1.54) is 47.1 Å². The topological polar surface area (TPSA) is 26.3 Å². The predicted octanol–water partition coefficient (Wildman–Crippen LogP) is 6.35. The average Bonchev–Trinajstić information content (AvgIpc) is 2.61. The lowest BCUT2D eigenvalue weighted by Gasteiger charge is -2.33. The van der Waals surface area contributed by atoms with E-state index >= 15 is 0 Å². The summed E-state index contributed by atoms with van der Waals surface area (Å²) in [4.78, 5) is 11.8. The summed E-state index contributed by atoms with van der Waals surface area (Å²) < 4.78 is 5.05. The Morgan fingerprint density at radius 1 is 1.19 bits per heavy atom. The van der Waals surface area contributed by atoms with E-state index in [9.17, 15) is 4.79 Å². The first-order valence-corrected chi connectivity index (χ1v) is 9.91. The fourth-order valence-corrected chi connectivity index (χ4v) is 4.14. The molecular formula is C25H30O2. The van der Waals surface area contributed by atoms with Crippen molar-refractivity contribution >= 4 is 17.6 Å². The van der Waals surface area contributed by atoms with Gasteiger partial charge < -0.3 is 4.74 Å². The van der Waals surface area contributed by atoms with Gasteiger partial charge in [0.2, 0.25) is 0 Å². The molecule has 2 heteroatoms. The van der Waals surface area contributed by atoms with E-state index in [0.717, 1.165) is 5.56 Å². The molecule has 27 heavy (non-hydrogen) atoms. The van der Waals surface area contributed by atoms with Crippen molar-refractivity contribution in [3.05, 3.63) is 69.8 Å². The van der Waals surface area contributed by atoms with Crippen LogP contribution in [0.3, 0.4) is 0 Å². The van der Waals surface area contributed by atoms with E-state index in [1.54, 1.807) is 0 Å². The van der Waals surface area contributed by atoms with Crippen LogP contribution in [0.1, 0.15) is 78.7 Å². The number of esters is 1. The van der Waals surface area contributed by atoms with Crippen LogP contribution in [0, 0.1) is 6.92 Å². The minimum Gasteiger partial charge on any atom is -0.462 e. The summed E-state index contributed by atoms with van der Waals surface area (Å²) >= 11 is 0. The van der Waals surface area contributed by atoms with Gasteiger partial charge in [-0.1, -0.05) is 44.2 Å². The molecule has 0 fully saturated rings. The smallest absolute Gasteiger partial charge is 0.338 e. The summed E-state index contributed by atoms with van der Waals surface area (Å²) in [6.45, 7) is 11.3. The third kappa shape index (κ3) is 4.16. The van der Waals surface area contributed by atoms with E-state index in [0.29, 0.717) is 12.2 Å². The minimum atomic E-state index is -0.266. The number of fused-ring (bicyclic) bond motifs is 1. The second-order valence-corrected chi connectivity index (χ2v) is 8.23. The molecule has 0 spiro atoms. The third-order valence-electron chi connectivity index (χ3n) is 5.66. The Bertz CT molecular complexity index is 870. The van der Waals surface area contributed by atoms with Gasteiger partial charge >= 0.3 is 5.97 Å². The highest BCUT2D eigenvalue weighted by molar-refractivity contribution is 5.90. The molecule has 2 aromatic rings. The first kappa shape index (κ1) is 19.4. The van der Waals surface area contributed by atoms with Gasteiger partial charge in [-0.3, -0.25) is 0 Å². The maximum absolute atomic E-state index is 11.8. The molecule has 0 saturated carbocycles. The van der Waals surface area contributed by atoms with Crippen LogP contribution in [0.5, 0.6) is 0 Å². The van der Waals surface area contributed by atoms with Crippen molar-refractivity contribution in [2.24, 2.45) is 0 Å². The van der Waals surface area contributed by atoms with Crippen molar-refractivity contribution < 1.29 is 9.53 Å². The summed E-state index contributed by atoms with van der Waals surface area (Å²) in [5.41, 5.74) is 8.86. The van der Waals surface area contributed by atoms with Gasteiger partial charge in [0, 0.05) is 0 Å². The van der Waals surface area contributed by atoms with Crippen LogP contribution in [-0.2, 0) is 16.6 Å². The maximum atomic E-state index is 11.8. The van der Waals surface area contributed by atoms with Crippen molar-refractivity contribution in [3.63, 3.8) is 0 Å². The van der Waals surface area contributed by atoms with Crippen LogP contribution < -0.4 is 0 Å². The lowest BCUT2D eigenvalue weighted by molar-refractivity contribution is 0.0526. The number of carbonyl (C=O) groups excluding carboxylic acids is 1. The SMILES string of the molecule is CCOC(=O)c1ccc(/C=C(\C)c2cc3c(cc2C)CCCC3(C)C)cc1. The molecule has 0 N–H and O–H groups in total. The van der Waals surface area contributed by atoms with Crippen LogP contribution >= 0.6 is 0 Å². The average molecular weight is 363 g/mol. The number of hydrogen-bond acceptors (Lipinski definition) is 2. The number of allylic oxidation sites excluding steroid dienone is 1. The van der Waals surface area contributed by atoms with Gasteiger partial charge in [0.15, 0.2) is 0 Å². The molecule has 3 rings (SSSR count). The summed E-state index contributed by atoms with van der Waals surface area (Å²) in [6.07, 6.45) is 5.92. The lowest BCUT2D eigenvalue weighted by atomic mass is 9.71. The minimum absolute atomic E-state index is 0.248. The molecule has 0 atom stereocenters. The first-order valence-electron chi connectivity index (χ1n) is 9.91. The number of benzene rings is 2. The summed E-state index contributed by atoms with van der Waals surface area (Å²) in [5.74, 6) is -0.266. The second kappa shape index (κ2) is 7.72. The van der Waals surface area contributed by atoms with Crippen LogP contribution in [-0.4, -0.2) is 12.6 Å². The highest BCUT2D eigenvalue weighted by atomic mass is 16.5. The Kier molecular flexibility index (Phi) is 5.55. The predicted molar refractivity (Wildman–Crippen MR) is 113 cm³/mol. The molecule has 0 amide bonds. The molecule has 2 aromatic carbocycles. The summed E-state index contributed by atoms with van der Waals surface area (Å²) in [7, 11) is 0. The van der Waals surface area contributed by atoms with Gasteiger partial charge in [0.05, 0.1) is 12.2 Å². The Labute approximate surface area is 163 Å². The highest BCUT2D eigenvalue weighted by Crippen LogP contribution is 2.39. The molecule has 1 aliphatic carbocycles. The molecule has 0 bridgehead atoms. The van der Waals surface area contributed by atoms with E-state index in [-0.39, 0.29) is 11.4 Å². The number of aryl methyl sites for hydroxylation is 2. The Balaban J connectivity index is 1.91. The van der Waals surface area contributed by atoms with E-state index in [1.807, 2.05) is 31.2 Å². The molecule has 142 valence electrons. The van der Waals surface area contributed by atoms with Gasteiger partial charge in [-0.15, -0.1) is 0 Å². The maximum Gasteiger partial charge on any atom is 0.338 e. The molecule has 0 unspecified atom stereocenters. The molecule has 1 aliphatic rings. The highest BCUT2D eigenvalue weighted by Gasteiger charge is 2.28. The van der Waals surface area contributed by atoms with Crippen molar-refractivity contribution in [2.75, 3.05) is 6.61 Å². The van der Waals surface area contributed by atoms with Crippen LogP contribution in [0.25, 0.3) is 11.6 Å². The summed E-state index contributed by atoms with van der Waals surface area (Å²) in [6, 6.07) is 12.4. The van der Waals surface area contributed by atoms with Gasteiger partial charge in [0.25, 0.3) is 0 Å². The summed E-state index contributed by atoms with van der Waals surface area (Å²) in [5, 5.41) is 0. The van der Waals surface area contributed by atoms with Crippen LogP contribution in [0.15, 0.2) is 36.4 Å². The first-order chi connectivity index (χ1) is 12.8. The van der Waals surface area contributed by atoms with Crippen LogP contribution in [0.2, 0.25) is 0 Å². The van der Waals surface area contributed by atoms with Crippen molar-refractivity contribution in [1.29, 1.82) is 0 Å². The number of ether oxygens (including phenoxy) is 1. The zero-order valence-electron chi connectivity index (χ0n) is 17.2. The normalized spacial score (nSPS) is 16.0. The molecule has 0 heterocycles. The number of hydrogen-bond donors (Lipinski definition) is 0. The Morgan fingerprint density at radius 2 is 1.89 bits per heavy atom. The quantitative estimate of drug-likeness (QED) is 0.468. The zero-order chi connectivity index (χ0) is 19.6. The van der Waals surface area contributed by atoms with E-state index in [4.69, 9.17) is 4.74 Å². The van der Waals surface area contributed by atoms with E-state index < -0.39 is 0 Å². The fourth-order valence-electron chi connectivity index (χ4n) is 4.14. The monoisotopic (exact) mass is 362 g/mol. The van der Waals surface area contributed by atoms with Crippen LogP contribution in [0.4, 0.5) is 0 Å². The second-order valence-electron chi connectivity index (χ2n) is 8.23. The Hall–Kier alpha value is -2.35. The Morgan fingerprint density at radius 3 is 2.56 bits per heavy atom. The standard InChI is InChI=1S/C25H30O2/c1-6-27-24(26)20-11-9-19(10-12-20)14-17(2)22-16-23-21(15-18(22)3)8-7-13-25(23,4)5/h9-12,14-16H,6-8,13H2,1-5H3/b17-14+. The van der Waals surface area contributed by atoms with Gasteiger partial charge in [-0.05, 0) is 91.0 Å². The van der Waals surface area contributed by atoms with Gasteiger partial charge in [-0.2, -0.15) is 0 Å². The van der Waals surface area contributed by atoms with Gasteiger partial charge in [0.1, 0.15) is 0 Å². The molecule has 0 saturated heterocycles. The van der Waals surface area contributed by atoms with Crippen molar-refractivity contribution in [1.82, 2.24) is 0 Å². The third-order valence-corrected chi connectivity index (χ3v) is 5.66. The number of carbonyl (C=O) groups is 1. The lowest BCUT2D eigenvalue weighted by Crippen LogP contribution is -2.24. The van der Waals surface area contributed by atoms with Crippen molar-refractivity contribution in [3.8, 4) is 0 Å². The number of rotatable bonds is 4. The molecule has 0 aliphatic heterocycles. The molecule has 0 radical (unpaired) electrons. The van der Waals surface area contributed by atoms with Crippen molar-refractivity contribution in [2.45, 2.75) is 59.3 Å². The zero-order valence-corrected chi connectivity index (χ0v) is 17.2. The van der Waals surface area contributed by atoms with E-state index in [2.05, 4.69) is 45.9 Å². The molecule has 2 nitrogen and oxygen atoms in total.